The predicted molar refractivity (Wildman–Crippen MR) is 69.2 cm³/mol. The molecule has 0 atom stereocenters. The zero-order valence-electron chi connectivity index (χ0n) is 9.63. The third-order valence-corrected chi connectivity index (χ3v) is 3.78. The topological polar surface area (TPSA) is 55.1 Å². The molecule has 0 bridgehead atoms. The molecule has 3 N–H and O–H groups in total. The highest BCUT2D eigenvalue weighted by molar-refractivity contribution is 7.99. The number of hydrogen-bond donors (Lipinski definition) is 2. The molecule has 0 unspecified atom stereocenters. The van der Waals surface area contributed by atoms with Crippen molar-refractivity contribution in [1.29, 1.82) is 0 Å². The monoisotopic (exact) mass is 240 g/mol. The standard InChI is InChI=1S/C12H20N2OS/c1-2-9-16-10-8-14-11(15)12(13)6-4-3-5-7-12/h1H,3-10,13H2,(H,14,15). The van der Waals surface area contributed by atoms with Crippen LogP contribution in [0.1, 0.15) is 32.1 Å². The van der Waals surface area contributed by atoms with E-state index in [1.54, 1.807) is 11.8 Å². The van der Waals surface area contributed by atoms with Crippen LogP contribution in [0.15, 0.2) is 0 Å². The van der Waals surface area contributed by atoms with Gasteiger partial charge in [0.05, 0.1) is 11.3 Å². The molecule has 1 aliphatic carbocycles. The smallest absolute Gasteiger partial charge is 0.240 e. The lowest BCUT2D eigenvalue weighted by Crippen LogP contribution is -2.55. The minimum atomic E-state index is -0.616. The molecule has 1 fully saturated rings. The Hall–Kier alpha value is -0.660. The largest absolute Gasteiger partial charge is 0.354 e. The molecule has 0 aromatic heterocycles. The van der Waals surface area contributed by atoms with Crippen molar-refractivity contribution in [2.45, 2.75) is 37.6 Å². The van der Waals surface area contributed by atoms with Crippen molar-refractivity contribution < 1.29 is 4.79 Å². The zero-order valence-corrected chi connectivity index (χ0v) is 10.4. The van der Waals surface area contributed by atoms with Crippen molar-refractivity contribution in [3.05, 3.63) is 0 Å². The number of carbonyl (C=O) groups excluding carboxylic acids is 1. The summed E-state index contributed by atoms with van der Waals surface area (Å²) in [7, 11) is 0. The van der Waals surface area contributed by atoms with Gasteiger partial charge >= 0.3 is 0 Å². The van der Waals surface area contributed by atoms with Crippen LogP contribution in [-0.2, 0) is 4.79 Å². The summed E-state index contributed by atoms with van der Waals surface area (Å²) in [6.07, 6.45) is 10.1. The lowest BCUT2D eigenvalue weighted by Gasteiger charge is -2.31. The molecule has 0 heterocycles. The summed E-state index contributed by atoms with van der Waals surface area (Å²) in [5.41, 5.74) is 5.48. The summed E-state index contributed by atoms with van der Waals surface area (Å²) in [5.74, 6) is 4.11. The maximum absolute atomic E-state index is 11.9. The summed E-state index contributed by atoms with van der Waals surface area (Å²) >= 11 is 1.65. The Labute approximate surface area is 102 Å². The van der Waals surface area contributed by atoms with Gasteiger partial charge in [-0.25, -0.2) is 0 Å². The lowest BCUT2D eigenvalue weighted by atomic mass is 9.82. The second kappa shape index (κ2) is 6.82. The van der Waals surface area contributed by atoms with Gasteiger partial charge in [-0.1, -0.05) is 25.2 Å². The number of nitrogens with two attached hydrogens (primary N) is 1. The van der Waals surface area contributed by atoms with Crippen LogP contribution in [0.3, 0.4) is 0 Å². The highest BCUT2D eigenvalue weighted by Gasteiger charge is 2.34. The van der Waals surface area contributed by atoms with Crippen molar-refractivity contribution in [2.75, 3.05) is 18.1 Å². The minimum Gasteiger partial charge on any atom is -0.354 e. The van der Waals surface area contributed by atoms with Crippen molar-refractivity contribution in [2.24, 2.45) is 5.73 Å². The first-order chi connectivity index (χ1) is 7.69. The molecule has 90 valence electrons. The molecule has 0 radical (unpaired) electrons. The average molecular weight is 240 g/mol. The van der Waals surface area contributed by atoms with Gasteiger partial charge in [0.1, 0.15) is 0 Å². The summed E-state index contributed by atoms with van der Waals surface area (Å²) < 4.78 is 0. The molecular formula is C12H20N2OS. The van der Waals surface area contributed by atoms with Crippen molar-refractivity contribution in [1.82, 2.24) is 5.32 Å². The molecule has 1 aliphatic rings. The second-order valence-corrected chi connectivity index (χ2v) is 5.33. The van der Waals surface area contributed by atoms with Crippen molar-refractivity contribution >= 4 is 17.7 Å². The van der Waals surface area contributed by atoms with Gasteiger partial charge in [-0.3, -0.25) is 4.79 Å². The number of thioether (sulfide) groups is 1. The van der Waals surface area contributed by atoms with Gasteiger partial charge in [0.15, 0.2) is 0 Å². The predicted octanol–water partition coefficient (Wildman–Crippen LogP) is 1.13. The van der Waals surface area contributed by atoms with Crippen LogP contribution >= 0.6 is 11.8 Å². The second-order valence-electron chi connectivity index (χ2n) is 4.23. The van der Waals surface area contributed by atoms with Crippen LogP contribution in [0.4, 0.5) is 0 Å². The van der Waals surface area contributed by atoms with Gasteiger partial charge in [-0.2, -0.15) is 0 Å². The highest BCUT2D eigenvalue weighted by Crippen LogP contribution is 2.25. The summed E-state index contributed by atoms with van der Waals surface area (Å²) in [5, 5.41) is 2.90. The number of hydrogen-bond acceptors (Lipinski definition) is 3. The van der Waals surface area contributed by atoms with E-state index in [-0.39, 0.29) is 5.91 Å². The fourth-order valence-electron chi connectivity index (χ4n) is 1.95. The Morgan fingerprint density at radius 3 is 2.75 bits per heavy atom. The molecule has 0 aromatic carbocycles. The Morgan fingerprint density at radius 2 is 2.12 bits per heavy atom. The summed E-state index contributed by atoms with van der Waals surface area (Å²) in [6.45, 7) is 0.657. The Bertz CT molecular complexity index is 267. The number of rotatable bonds is 5. The van der Waals surface area contributed by atoms with E-state index < -0.39 is 5.54 Å². The van der Waals surface area contributed by atoms with E-state index in [0.717, 1.165) is 31.4 Å². The molecule has 1 amide bonds. The first kappa shape index (κ1) is 13.4. The molecule has 4 heteroatoms. The molecule has 0 aliphatic heterocycles. The van der Waals surface area contributed by atoms with Gasteiger partial charge in [0, 0.05) is 12.3 Å². The summed E-state index contributed by atoms with van der Waals surface area (Å²) in [6, 6.07) is 0. The van der Waals surface area contributed by atoms with Gasteiger partial charge in [0.2, 0.25) is 5.91 Å². The molecule has 0 aromatic rings. The molecule has 0 saturated heterocycles. The Morgan fingerprint density at radius 1 is 1.44 bits per heavy atom. The van der Waals surface area contributed by atoms with E-state index >= 15 is 0 Å². The molecule has 1 rings (SSSR count). The van der Waals surface area contributed by atoms with Gasteiger partial charge < -0.3 is 11.1 Å². The first-order valence-corrected chi connectivity index (χ1v) is 6.93. The Balaban J connectivity index is 2.21. The first-order valence-electron chi connectivity index (χ1n) is 5.77. The molecular weight excluding hydrogens is 220 g/mol. The fourth-order valence-corrected chi connectivity index (χ4v) is 2.46. The third-order valence-electron chi connectivity index (χ3n) is 2.92. The van der Waals surface area contributed by atoms with Crippen LogP contribution in [0.25, 0.3) is 0 Å². The quantitative estimate of drug-likeness (QED) is 0.559. The van der Waals surface area contributed by atoms with Crippen LogP contribution < -0.4 is 11.1 Å². The summed E-state index contributed by atoms with van der Waals surface area (Å²) in [4.78, 5) is 11.9. The van der Waals surface area contributed by atoms with E-state index in [1.165, 1.54) is 6.42 Å². The van der Waals surface area contributed by atoms with Crippen molar-refractivity contribution in [3.63, 3.8) is 0 Å². The highest BCUT2D eigenvalue weighted by atomic mass is 32.2. The minimum absolute atomic E-state index is 0.00788. The Kier molecular flexibility index (Phi) is 5.72. The maximum atomic E-state index is 11.9. The van der Waals surface area contributed by atoms with Gasteiger partial charge in [-0.05, 0) is 12.8 Å². The normalized spacial score (nSPS) is 18.8. The zero-order chi connectivity index (χ0) is 11.9. The average Bonchev–Trinajstić information content (AvgIpc) is 2.29. The third kappa shape index (κ3) is 4.07. The molecule has 3 nitrogen and oxygen atoms in total. The lowest BCUT2D eigenvalue weighted by molar-refractivity contribution is -0.127. The number of carbonyl (C=O) groups is 1. The molecule has 1 saturated carbocycles. The molecule has 0 spiro atoms. The van der Waals surface area contributed by atoms with Crippen LogP contribution in [0, 0.1) is 12.3 Å². The van der Waals surface area contributed by atoms with E-state index in [2.05, 4.69) is 11.2 Å². The number of nitrogens with one attached hydrogen (secondary N) is 1. The van der Waals surface area contributed by atoms with E-state index in [4.69, 9.17) is 12.2 Å². The maximum Gasteiger partial charge on any atom is 0.240 e. The fraction of sp³-hybridized carbons (Fsp3) is 0.750. The number of amides is 1. The van der Waals surface area contributed by atoms with E-state index in [0.29, 0.717) is 12.3 Å². The SMILES string of the molecule is C#CCSCCNC(=O)C1(N)CCCCC1. The van der Waals surface area contributed by atoms with Gasteiger partial charge in [0.25, 0.3) is 0 Å². The van der Waals surface area contributed by atoms with Crippen LogP contribution in [0.5, 0.6) is 0 Å². The van der Waals surface area contributed by atoms with E-state index in [9.17, 15) is 4.79 Å². The van der Waals surface area contributed by atoms with Crippen LogP contribution in [-0.4, -0.2) is 29.5 Å². The van der Waals surface area contributed by atoms with E-state index in [1.807, 2.05) is 0 Å². The number of terminal acetylenes is 1. The van der Waals surface area contributed by atoms with Crippen molar-refractivity contribution in [3.8, 4) is 12.3 Å². The van der Waals surface area contributed by atoms with Gasteiger partial charge in [-0.15, -0.1) is 18.2 Å². The molecule has 16 heavy (non-hydrogen) atoms. The van der Waals surface area contributed by atoms with Crippen LogP contribution in [0.2, 0.25) is 0 Å².